The second-order valence-electron chi connectivity index (χ2n) is 5.91. The molecule has 0 bridgehead atoms. The predicted octanol–water partition coefficient (Wildman–Crippen LogP) is 1.67. The lowest BCUT2D eigenvalue weighted by atomic mass is 10.3. The summed E-state index contributed by atoms with van der Waals surface area (Å²) in [6.45, 7) is 1.28. The summed E-state index contributed by atoms with van der Waals surface area (Å²) < 4.78 is 7.24. The van der Waals surface area contributed by atoms with Gasteiger partial charge >= 0.3 is 0 Å². The van der Waals surface area contributed by atoms with E-state index in [0.29, 0.717) is 39.6 Å². The van der Waals surface area contributed by atoms with Crippen molar-refractivity contribution in [2.75, 3.05) is 24.7 Å². The van der Waals surface area contributed by atoms with Crippen LogP contribution in [0.4, 0.5) is 5.82 Å². The molecule has 1 fully saturated rings. The van der Waals surface area contributed by atoms with Crippen LogP contribution in [0.5, 0.6) is 0 Å². The van der Waals surface area contributed by atoms with Crippen molar-refractivity contribution in [3.63, 3.8) is 0 Å². The zero-order valence-electron chi connectivity index (χ0n) is 14.5. The van der Waals surface area contributed by atoms with E-state index in [1.54, 1.807) is 46.2 Å². The summed E-state index contributed by atoms with van der Waals surface area (Å²) in [7, 11) is 0. The van der Waals surface area contributed by atoms with Crippen molar-refractivity contribution in [1.29, 1.82) is 0 Å². The number of carbonyl (C=O) groups is 2. The number of halogens is 1. The molecule has 2 amide bonds. The summed E-state index contributed by atoms with van der Waals surface area (Å²) in [5.74, 6) is 0.240. The topological polar surface area (TPSA) is 102 Å². The fourth-order valence-electron chi connectivity index (χ4n) is 2.63. The first kappa shape index (κ1) is 18.5. The number of nitrogens with one attached hydrogen (secondary N) is 1. The lowest BCUT2D eigenvalue weighted by Crippen LogP contribution is -2.42. The second-order valence-corrected chi connectivity index (χ2v) is 7.63. The molecular weight excluding hydrogens is 404 g/mol. The summed E-state index contributed by atoms with van der Waals surface area (Å²) in [5, 5.41) is 10.9. The van der Waals surface area contributed by atoms with Crippen LogP contribution in [0.15, 0.2) is 36.7 Å². The minimum absolute atomic E-state index is 0.0687. The van der Waals surface area contributed by atoms with Gasteiger partial charge in [-0.05, 0) is 24.3 Å². The van der Waals surface area contributed by atoms with Gasteiger partial charge in [0.2, 0.25) is 0 Å². The number of ether oxygens (including phenoxy) is 1. The number of aromatic nitrogens is 4. The van der Waals surface area contributed by atoms with Gasteiger partial charge in [-0.25, -0.2) is 9.67 Å². The highest BCUT2D eigenvalue weighted by Gasteiger charge is 2.21. The van der Waals surface area contributed by atoms with E-state index in [2.05, 4.69) is 20.6 Å². The van der Waals surface area contributed by atoms with Gasteiger partial charge in [-0.2, -0.15) is 0 Å². The summed E-state index contributed by atoms with van der Waals surface area (Å²) in [6, 6.07) is 6.90. The Labute approximate surface area is 168 Å². The van der Waals surface area contributed by atoms with Crippen LogP contribution in [-0.2, 0) is 16.1 Å². The smallest absolute Gasteiger partial charge is 0.261 e. The first-order chi connectivity index (χ1) is 13.6. The molecule has 3 aromatic rings. The van der Waals surface area contributed by atoms with Gasteiger partial charge in [-0.1, -0.05) is 16.8 Å². The molecule has 4 heterocycles. The van der Waals surface area contributed by atoms with E-state index in [1.165, 1.54) is 11.3 Å². The third-order valence-corrected chi connectivity index (χ3v) is 5.26. The molecule has 11 heteroatoms. The van der Waals surface area contributed by atoms with Crippen molar-refractivity contribution >= 4 is 40.6 Å². The maximum atomic E-state index is 12.1. The van der Waals surface area contributed by atoms with Crippen molar-refractivity contribution in [3.05, 3.63) is 51.6 Å². The minimum atomic E-state index is -0.215. The van der Waals surface area contributed by atoms with Crippen LogP contribution < -0.4 is 10.2 Å². The first-order valence-corrected chi connectivity index (χ1v) is 9.59. The van der Waals surface area contributed by atoms with Crippen molar-refractivity contribution < 1.29 is 14.3 Å². The van der Waals surface area contributed by atoms with Gasteiger partial charge < -0.3 is 10.1 Å². The van der Waals surface area contributed by atoms with Gasteiger partial charge in [0.1, 0.15) is 18.1 Å². The Bertz CT molecular complexity index is 1000. The molecule has 1 aliphatic heterocycles. The van der Waals surface area contributed by atoms with Crippen LogP contribution in [0.3, 0.4) is 0 Å². The van der Waals surface area contributed by atoms with Crippen LogP contribution in [0.25, 0.3) is 5.69 Å². The Balaban J connectivity index is 1.39. The first-order valence-electron chi connectivity index (χ1n) is 8.39. The lowest BCUT2D eigenvalue weighted by Gasteiger charge is -2.25. The fraction of sp³-hybridized carbons (Fsp3) is 0.235. The maximum absolute atomic E-state index is 12.1. The molecule has 1 N–H and O–H groups in total. The van der Waals surface area contributed by atoms with E-state index in [9.17, 15) is 9.59 Å². The number of pyridine rings is 1. The number of thiophene rings is 1. The van der Waals surface area contributed by atoms with Crippen LogP contribution >= 0.6 is 22.9 Å². The molecule has 1 aliphatic rings. The molecule has 9 nitrogen and oxygen atoms in total. The number of nitrogens with zero attached hydrogens (tertiary/aromatic N) is 5. The Kier molecular flexibility index (Phi) is 5.33. The van der Waals surface area contributed by atoms with Crippen LogP contribution in [0, 0.1) is 0 Å². The van der Waals surface area contributed by atoms with Crippen molar-refractivity contribution in [3.8, 4) is 5.69 Å². The molecule has 0 radical (unpaired) electrons. The largest absolute Gasteiger partial charge is 0.370 e. The molecular formula is C17H15ClN6O3S. The van der Waals surface area contributed by atoms with Crippen molar-refractivity contribution in [2.45, 2.75) is 6.54 Å². The number of hydrogen-bond acceptors (Lipinski definition) is 7. The van der Waals surface area contributed by atoms with Gasteiger partial charge in [0.15, 0.2) is 0 Å². The van der Waals surface area contributed by atoms with E-state index in [-0.39, 0.29) is 25.0 Å². The van der Waals surface area contributed by atoms with Gasteiger partial charge in [0.05, 0.1) is 47.0 Å². The number of carbonyl (C=O) groups excluding carboxylic acids is 2. The predicted molar refractivity (Wildman–Crippen MR) is 103 cm³/mol. The van der Waals surface area contributed by atoms with Crippen LogP contribution in [-0.4, -0.2) is 51.6 Å². The molecule has 0 unspecified atom stereocenters. The van der Waals surface area contributed by atoms with Crippen LogP contribution in [0.2, 0.25) is 4.34 Å². The van der Waals surface area contributed by atoms with E-state index in [0.717, 1.165) is 0 Å². The average molecular weight is 419 g/mol. The number of amides is 2. The third-order valence-electron chi connectivity index (χ3n) is 4.03. The highest BCUT2D eigenvalue weighted by atomic mass is 35.5. The molecule has 3 aromatic heterocycles. The van der Waals surface area contributed by atoms with E-state index in [4.69, 9.17) is 16.3 Å². The van der Waals surface area contributed by atoms with Crippen molar-refractivity contribution in [2.24, 2.45) is 0 Å². The highest BCUT2D eigenvalue weighted by molar-refractivity contribution is 7.17. The zero-order valence-corrected chi connectivity index (χ0v) is 16.1. The van der Waals surface area contributed by atoms with Crippen molar-refractivity contribution in [1.82, 2.24) is 25.3 Å². The summed E-state index contributed by atoms with van der Waals surface area (Å²) in [4.78, 5) is 30.4. The molecule has 0 saturated carbocycles. The average Bonchev–Trinajstić information content (AvgIpc) is 3.36. The van der Waals surface area contributed by atoms with Gasteiger partial charge in [0, 0.05) is 0 Å². The summed E-state index contributed by atoms with van der Waals surface area (Å²) >= 11 is 7.05. The number of anilines is 1. The van der Waals surface area contributed by atoms with E-state index < -0.39 is 0 Å². The second kappa shape index (κ2) is 8.05. The Morgan fingerprint density at radius 1 is 1.32 bits per heavy atom. The normalized spacial score (nSPS) is 14.3. The highest BCUT2D eigenvalue weighted by Crippen LogP contribution is 2.21. The Hall–Kier alpha value is -2.82. The molecule has 0 aromatic carbocycles. The Morgan fingerprint density at radius 2 is 2.21 bits per heavy atom. The maximum Gasteiger partial charge on any atom is 0.261 e. The molecule has 144 valence electrons. The van der Waals surface area contributed by atoms with E-state index >= 15 is 0 Å². The molecule has 0 spiro atoms. The standard InChI is InChI=1S/C17H15ClN6O3S/c18-14-3-2-13(28-14)17(26)20-7-11-9-24(22-21-11)12-1-4-15(19-8-12)23-5-6-27-10-16(23)25/h1-4,8-9H,5-7,10H2,(H,20,26). The summed E-state index contributed by atoms with van der Waals surface area (Å²) in [6.07, 6.45) is 3.32. The number of morpholine rings is 1. The molecule has 28 heavy (non-hydrogen) atoms. The quantitative estimate of drug-likeness (QED) is 0.676. The Morgan fingerprint density at radius 3 is 2.93 bits per heavy atom. The fourth-order valence-corrected chi connectivity index (χ4v) is 3.59. The van der Waals surface area contributed by atoms with Gasteiger partial charge in [-0.15, -0.1) is 16.4 Å². The zero-order chi connectivity index (χ0) is 19.5. The molecule has 4 rings (SSSR count). The van der Waals surface area contributed by atoms with E-state index in [1.807, 2.05) is 0 Å². The monoisotopic (exact) mass is 418 g/mol. The number of hydrogen-bond donors (Lipinski definition) is 1. The van der Waals surface area contributed by atoms with Crippen LogP contribution in [0.1, 0.15) is 15.4 Å². The number of rotatable bonds is 5. The molecule has 0 aliphatic carbocycles. The third kappa shape index (κ3) is 4.03. The van der Waals surface area contributed by atoms with Gasteiger partial charge in [-0.3, -0.25) is 14.5 Å². The lowest BCUT2D eigenvalue weighted by molar-refractivity contribution is -0.125. The minimum Gasteiger partial charge on any atom is -0.370 e. The summed E-state index contributed by atoms with van der Waals surface area (Å²) in [5.41, 5.74) is 1.29. The molecule has 1 saturated heterocycles. The van der Waals surface area contributed by atoms with Gasteiger partial charge in [0.25, 0.3) is 11.8 Å². The molecule has 0 atom stereocenters. The SMILES string of the molecule is O=C(NCc1cn(-c2ccc(N3CCOCC3=O)nc2)nn1)c1ccc(Cl)s1.